The highest BCUT2D eigenvalue weighted by atomic mass is 16.5. The quantitative estimate of drug-likeness (QED) is 0.549. The predicted octanol–water partition coefficient (Wildman–Crippen LogP) is 1.78. The third kappa shape index (κ3) is 6.09. The third-order valence-electron chi connectivity index (χ3n) is 4.74. The topological polar surface area (TPSA) is 99.9 Å². The first-order valence-electron chi connectivity index (χ1n) is 9.77. The van der Waals surface area contributed by atoms with Gasteiger partial charge < -0.3 is 25.3 Å². The summed E-state index contributed by atoms with van der Waals surface area (Å²) in [6.45, 7) is 0.846. The molecular weight excluding hydrogens is 384 g/mol. The zero-order valence-corrected chi connectivity index (χ0v) is 16.9. The second kappa shape index (κ2) is 10.5. The Kier molecular flexibility index (Phi) is 7.45. The highest BCUT2D eigenvalue weighted by Gasteiger charge is 2.25. The molecule has 7 nitrogen and oxygen atoms in total. The largest absolute Gasteiger partial charge is 0.490 e. The Morgan fingerprint density at radius 1 is 0.933 bits per heavy atom. The van der Waals surface area contributed by atoms with Crippen LogP contribution in [0.1, 0.15) is 11.1 Å². The van der Waals surface area contributed by atoms with Gasteiger partial charge in [0.2, 0.25) is 5.91 Å². The summed E-state index contributed by atoms with van der Waals surface area (Å²) in [5.41, 5.74) is 7.83. The molecule has 4 bridgehead atoms. The number of amides is 1. The lowest BCUT2D eigenvalue weighted by Crippen LogP contribution is -2.50. The first-order chi connectivity index (χ1) is 14.5. The van der Waals surface area contributed by atoms with Crippen LogP contribution >= 0.6 is 0 Å². The number of hydrogen-bond donors (Lipinski definition) is 2. The zero-order valence-electron chi connectivity index (χ0n) is 16.9. The molecule has 0 spiro atoms. The van der Waals surface area contributed by atoms with E-state index in [0.717, 1.165) is 16.9 Å². The average molecular weight is 410 g/mol. The Labute approximate surface area is 175 Å². The summed E-state index contributed by atoms with van der Waals surface area (Å²) >= 11 is 0. The molecule has 2 aromatic rings. The Morgan fingerprint density at radius 2 is 1.43 bits per heavy atom. The van der Waals surface area contributed by atoms with Crippen LogP contribution in [0, 0.1) is 0 Å². The van der Waals surface area contributed by atoms with Gasteiger partial charge in [-0.05, 0) is 54.0 Å². The van der Waals surface area contributed by atoms with Crippen molar-refractivity contribution in [3.05, 3.63) is 71.8 Å². The van der Waals surface area contributed by atoms with E-state index in [1.807, 2.05) is 60.7 Å². The number of ether oxygens (including phenoxy) is 3. The summed E-state index contributed by atoms with van der Waals surface area (Å²) in [5, 5.41) is 2.71. The molecule has 4 aliphatic heterocycles. The molecule has 1 amide bonds. The van der Waals surface area contributed by atoms with Crippen LogP contribution < -0.4 is 20.5 Å². The van der Waals surface area contributed by atoms with Gasteiger partial charge in [-0.15, -0.1) is 0 Å². The summed E-state index contributed by atoms with van der Waals surface area (Å²) in [6.07, 6.45) is 4.41. The van der Waals surface area contributed by atoms with Gasteiger partial charge in [0.05, 0.1) is 13.2 Å². The van der Waals surface area contributed by atoms with E-state index in [1.165, 1.54) is 7.11 Å². The van der Waals surface area contributed by atoms with E-state index >= 15 is 0 Å². The number of rotatable bonds is 1. The Morgan fingerprint density at radius 3 is 1.93 bits per heavy atom. The summed E-state index contributed by atoms with van der Waals surface area (Å²) in [6, 6.07) is 13.1. The first-order valence-corrected chi connectivity index (χ1v) is 9.77. The minimum absolute atomic E-state index is 0.289. The van der Waals surface area contributed by atoms with Crippen molar-refractivity contribution in [2.24, 2.45) is 5.73 Å². The number of methoxy groups -OCH3 is 1. The minimum atomic E-state index is -0.829. The molecule has 0 saturated heterocycles. The number of benzene rings is 2. The van der Waals surface area contributed by atoms with Crippen LogP contribution in [0.4, 0.5) is 0 Å². The Hall–Kier alpha value is -3.32. The monoisotopic (exact) mass is 410 g/mol. The third-order valence-corrected chi connectivity index (χ3v) is 4.74. The van der Waals surface area contributed by atoms with Crippen molar-refractivity contribution in [1.82, 2.24) is 5.32 Å². The maximum atomic E-state index is 12.6. The predicted molar refractivity (Wildman–Crippen MR) is 112 cm³/mol. The molecular formula is C23H26N2O5. The smallest absolute Gasteiger partial charge is 0.328 e. The number of carbonyl (C=O) groups excluding carboxylic acids is 2. The second-order valence-electron chi connectivity index (χ2n) is 6.98. The van der Waals surface area contributed by atoms with Gasteiger partial charge in [-0.3, -0.25) is 4.79 Å². The fourth-order valence-electron chi connectivity index (χ4n) is 3.06. The van der Waals surface area contributed by atoms with E-state index in [0.29, 0.717) is 25.4 Å². The fourth-order valence-corrected chi connectivity index (χ4v) is 3.06. The van der Waals surface area contributed by atoms with Crippen molar-refractivity contribution < 1.29 is 23.8 Å². The number of nitrogens with two attached hydrogens (primary N) is 1. The molecule has 158 valence electrons. The molecule has 2 unspecified atom stereocenters. The summed E-state index contributed by atoms with van der Waals surface area (Å²) in [7, 11) is 1.29. The van der Waals surface area contributed by atoms with E-state index in [2.05, 4.69) is 5.32 Å². The molecule has 6 rings (SSSR count). The molecule has 4 aliphatic rings. The molecule has 30 heavy (non-hydrogen) atoms. The molecule has 0 aliphatic carbocycles. The molecule has 7 heteroatoms. The van der Waals surface area contributed by atoms with E-state index in [9.17, 15) is 9.59 Å². The normalized spacial score (nSPS) is 20.0. The van der Waals surface area contributed by atoms with Crippen LogP contribution in [-0.2, 0) is 27.2 Å². The molecule has 2 aromatic carbocycles. The molecule has 3 N–H and O–H groups in total. The standard InChI is InChI=1S/C23H26N2O5/c1-28-23(27)21-15-17-6-10-19(11-7-17)30-13-3-2-12-29-18-8-4-16(5-9-18)14-20(24)22(26)25-21/h2-11,20-21H,12-15,24H2,1H3,(H,25,26). The number of esters is 1. The van der Waals surface area contributed by atoms with Crippen molar-refractivity contribution in [1.29, 1.82) is 0 Å². The molecule has 4 heterocycles. The molecule has 0 aromatic heterocycles. The van der Waals surface area contributed by atoms with E-state index in [-0.39, 0.29) is 6.42 Å². The zero-order chi connectivity index (χ0) is 21.3. The number of nitrogens with one attached hydrogen (secondary N) is 1. The molecule has 0 saturated carbocycles. The van der Waals surface area contributed by atoms with Gasteiger partial charge in [0.1, 0.15) is 30.8 Å². The van der Waals surface area contributed by atoms with Crippen LogP contribution in [0.3, 0.4) is 0 Å². The van der Waals surface area contributed by atoms with Gasteiger partial charge in [0, 0.05) is 6.42 Å². The minimum Gasteiger partial charge on any atom is -0.490 e. The summed E-state index contributed by atoms with van der Waals surface area (Å²) in [4.78, 5) is 24.8. The van der Waals surface area contributed by atoms with Gasteiger partial charge in [-0.1, -0.05) is 24.3 Å². The van der Waals surface area contributed by atoms with Crippen molar-refractivity contribution in [3.63, 3.8) is 0 Å². The SMILES string of the molecule is COC(=O)C1Cc2ccc(cc2)OCC=CCOc2ccc(cc2)CC(N)C(=O)N1. The van der Waals surface area contributed by atoms with Crippen LogP contribution in [0.15, 0.2) is 60.7 Å². The van der Waals surface area contributed by atoms with Crippen LogP contribution in [-0.4, -0.2) is 44.3 Å². The van der Waals surface area contributed by atoms with Gasteiger partial charge in [-0.25, -0.2) is 4.79 Å². The van der Waals surface area contributed by atoms with Gasteiger partial charge in [0.15, 0.2) is 0 Å². The molecule has 0 fully saturated rings. The van der Waals surface area contributed by atoms with Crippen LogP contribution in [0.2, 0.25) is 0 Å². The lowest BCUT2D eigenvalue weighted by Gasteiger charge is -2.20. The maximum Gasteiger partial charge on any atom is 0.328 e. The first kappa shape index (κ1) is 21.4. The van der Waals surface area contributed by atoms with Crippen LogP contribution in [0.5, 0.6) is 11.5 Å². The van der Waals surface area contributed by atoms with Crippen molar-refractivity contribution in [2.45, 2.75) is 24.9 Å². The fraction of sp³-hybridized carbons (Fsp3) is 0.304. The summed E-state index contributed by atoms with van der Waals surface area (Å²) < 4.78 is 16.2. The van der Waals surface area contributed by atoms with Gasteiger partial charge in [-0.2, -0.15) is 0 Å². The lowest BCUT2D eigenvalue weighted by molar-refractivity contribution is -0.145. The van der Waals surface area contributed by atoms with E-state index < -0.39 is 24.0 Å². The lowest BCUT2D eigenvalue weighted by atomic mass is 10.0. The average Bonchev–Trinajstić information content (AvgIpc) is 2.76. The van der Waals surface area contributed by atoms with Crippen LogP contribution in [0.25, 0.3) is 0 Å². The van der Waals surface area contributed by atoms with Gasteiger partial charge in [0.25, 0.3) is 0 Å². The highest BCUT2D eigenvalue weighted by molar-refractivity contribution is 5.87. The van der Waals surface area contributed by atoms with E-state index in [4.69, 9.17) is 19.9 Å². The number of hydrogen-bond acceptors (Lipinski definition) is 6. The molecule has 2 atom stereocenters. The second-order valence-corrected chi connectivity index (χ2v) is 6.98. The summed E-state index contributed by atoms with van der Waals surface area (Å²) in [5.74, 6) is 0.489. The van der Waals surface area contributed by atoms with E-state index in [1.54, 1.807) is 0 Å². The Bertz CT molecular complexity index is 877. The van der Waals surface area contributed by atoms with Crippen molar-refractivity contribution in [3.8, 4) is 11.5 Å². The Balaban J connectivity index is 1.81. The van der Waals surface area contributed by atoms with Gasteiger partial charge >= 0.3 is 5.97 Å². The van der Waals surface area contributed by atoms with Crippen molar-refractivity contribution >= 4 is 11.9 Å². The number of carbonyl (C=O) groups is 2. The van der Waals surface area contributed by atoms with Crippen molar-refractivity contribution in [2.75, 3.05) is 20.3 Å². The maximum absolute atomic E-state index is 12.6. The molecule has 0 radical (unpaired) electrons. The highest BCUT2D eigenvalue weighted by Crippen LogP contribution is 2.16.